The Kier molecular flexibility index (Phi) is 7.99. The highest BCUT2D eigenvalue weighted by atomic mass is 35.5. The van der Waals surface area contributed by atoms with Gasteiger partial charge < -0.3 is 4.74 Å². The summed E-state index contributed by atoms with van der Waals surface area (Å²) in [5.41, 5.74) is 1.39. The van der Waals surface area contributed by atoms with Gasteiger partial charge in [0.1, 0.15) is 11.8 Å². The highest BCUT2D eigenvalue weighted by Crippen LogP contribution is 2.32. The van der Waals surface area contributed by atoms with E-state index >= 15 is 0 Å². The Morgan fingerprint density at radius 3 is 2.59 bits per heavy atom. The molecule has 3 rings (SSSR count). The molecule has 170 valence electrons. The maximum Gasteiger partial charge on any atom is 0.249 e. The third-order valence-corrected chi connectivity index (χ3v) is 7.90. The standard InChI is InChI=1S/C20H21ClN4O4S3/c1-13(25(32(3,27)28)15-9-10-17(29-2)16(21)11-15)18(26)22-19-23-24-20(31-19)30-12-14-7-5-4-6-8-14/h4-11,13H,12H2,1-3H3,(H,22,23,26). The third-order valence-electron chi connectivity index (χ3n) is 4.32. The number of aromatic nitrogens is 2. The first-order valence-corrected chi connectivity index (χ1v) is 13.4. The highest BCUT2D eigenvalue weighted by Gasteiger charge is 2.30. The van der Waals surface area contributed by atoms with Gasteiger partial charge in [0.05, 0.1) is 24.1 Å². The normalized spacial score (nSPS) is 12.2. The second-order valence-corrected chi connectivity index (χ2v) is 11.2. The lowest BCUT2D eigenvalue weighted by molar-refractivity contribution is -0.116. The van der Waals surface area contributed by atoms with Crippen LogP contribution in [0.5, 0.6) is 5.75 Å². The molecule has 0 radical (unpaired) electrons. The summed E-state index contributed by atoms with van der Waals surface area (Å²) in [4.78, 5) is 12.8. The van der Waals surface area contributed by atoms with Crippen LogP contribution in [0.15, 0.2) is 52.9 Å². The fraction of sp³-hybridized carbons (Fsp3) is 0.250. The molecule has 1 heterocycles. The lowest BCUT2D eigenvalue weighted by Crippen LogP contribution is -2.45. The monoisotopic (exact) mass is 512 g/mol. The van der Waals surface area contributed by atoms with Gasteiger partial charge in [0.15, 0.2) is 4.34 Å². The van der Waals surface area contributed by atoms with E-state index in [1.807, 2.05) is 30.3 Å². The number of sulfonamides is 1. The number of carbonyl (C=O) groups excluding carboxylic acids is 1. The zero-order valence-corrected chi connectivity index (χ0v) is 20.7. The number of hydrogen-bond donors (Lipinski definition) is 1. The van der Waals surface area contributed by atoms with Crippen molar-refractivity contribution in [1.29, 1.82) is 0 Å². The first-order chi connectivity index (χ1) is 15.2. The molecule has 12 heteroatoms. The molecule has 0 aliphatic rings. The third kappa shape index (κ3) is 6.12. The van der Waals surface area contributed by atoms with Crippen molar-refractivity contribution in [1.82, 2.24) is 10.2 Å². The smallest absolute Gasteiger partial charge is 0.249 e. The molecule has 1 N–H and O–H groups in total. The van der Waals surface area contributed by atoms with E-state index < -0.39 is 22.0 Å². The summed E-state index contributed by atoms with van der Waals surface area (Å²) in [6.45, 7) is 1.49. The molecule has 8 nitrogen and oxygen atoms in total. The fourth-order valence-electron chi connectivity index (χ4n) is 2.85. The van der Waals surface area contributed by atoms with Gasteiger partial charge in [-0.1, -0.05) is 65.0 Å². The van der Waals surface area contributed by atoms with E-state index in [4.69, 9.17) is 16.3 Å². The molecular formula is C20H21ClN4O4S3. The quantitative estimate of drug-likeness (QED) is 0.337. The largest absolute Gasteiger partial charge is 0.495 e. The van der Waals surface area contributed by atoms with Crippen LogP contribution in [0, 0.1) is 0 Å². The lowest BCUT2D eigenvalue weighted by Gasteiger charge is -2.28. The van der Waals surface area contributed by atoms with Crippen molar-refractivity contribution in [3.63, 3.8) is 0 Å². The number of carbonyl (C=O) groups is 1. The Labute approximate surface area is 200 Å². The summed E-state index contributed by atoms with van der Waals surface area (Å²) < 4.78 is 31.7. The number of ether oxygens (including phenoxy) is 1. The van der Waals surface area contributed by atoms with Crippen molar-refractivity contribution in [2.45, 2.75) is 23.1 Å². The topological polar surface area (TPSA) is 101 Å². The molecule has 0 fully saturated rings. The number of hydrogen-bond acceptors (Lipinski definition) is 8. The number of benzene rings is 2. The maximum atomic E-state index is 12.8. The van der Waals surface area contributed by atoms with Crippen molar-refractivity contribution in [3.8, 4) is 5.75 Å². The van der Waals surface area contributed by atoms with E-state index in [0.29, 0.717) is 15.2 Å². The minimum Gasteiger partial charge on any atom is -0.495 e. The maximum absolute atomic E-state index is 12.8. The molecule has 32 heavy (non-hydrogen) atoms. The van der Waals surface area contributed by atoms with Crippen molar-refractivity contribution >= 4 is 61.4 Å². The number of anilines is 2. The lowest BCUT2D eigenvalue weighted by atomic mass is 10.2. The van der Waals surface area contributed by atoms with Crippen LogP contribution in [0.3, 0.4) is 0 Å². The van der Waals surface area contributed by atoms with Crippen LogP contribution < -0.4 is 14.4 Å². The molecular weight excluding hydrogens is 492 g/mol. The van der Waals surface area contributed by atoms with Crippen LogP contribution in [0.1, 0.15) is 12.5 Å². The van der Waals surface area contributed by atoms with Crippen LogP contribution >= 0.6 is 34.7 Å². The van der Waals surface area contributed by atoms with Crippen molar-refractivity contribution < 1.29 is 17.9 Å². The summed E-state index contributed by atoms with van der Waals surface area (Å²) in [5, 5.41) is 11.2. The predicted octanol–water partition coefficient (Wildman–Crippen LogP) is 4.29. The van der Waals surface area contributed by atoms with Gasteiger partial charge in [0, 0.05) is 5.75 Å². The molecule has 3 aromatic rings. The molecule has 0 spiro atoms. The zero-order valence-electron chi connectivity index (χ0n) is 17.5. The fourth-order valence-corrected chi connectivity index (χ4v) is 5.98. The number of amides is 1. The number of rotatable bonds is 9. The molecule has 0 aliphatic heterocycles. The van der Waals surface area contributed by atoms with E-state index in [0.717, 1.165) is 21.9 Å². The summed E-state index contributed by atoms with van der Waals surface area (Å²) in [6, 6.07) is 13.4. The highest BCUT2D eigenvalue weighted by molar-refractivity contribution is 8.00. The van der Waals surface area contributed by atoms with Gasteiger partial charge in [-0.25, -0.2) is 8.42 Å². The molecule has 1 aromatic heterocycles. The molecule has 2 aromatic carbocycles. The second-order valence-electron chi connectivity index (χ2n) is 6.69. The van der Waals surface area contributed by atoms with Crippen LogP contribution in [0.25, 0.3) is 0 Å². The van der Waals surface area contributed by atoms with Crippen LogP contribution in [-0.2, 0) is 20.6 Å². The molecule has 1 atom stereocenters. The van der Waals surface area contributed by atoms with Gasteiger partial charge in [0.25, 0.3) is 0 Å². The van der Waals surface area contributed by atoms with E-state index in [2.05, 4.69) is 15.5 Å². The first-order valence-electron chi connectivity index (χ1n) is 9.33. The van der Waals surface area contributed by atoms with E-state index in [1.165, 1.54) is 49.3 Å². The van der Waals surface area contributed by atoms with Gasteiger partial charge >= 0.3 is 0 Å². The molecule has 0 bridgehead atoms. The van der Waals surface area contributed by atoms with Gasteiger partial charge in [0.2, 0.25) is 21.1 Å². The minimum absolute atomic E-state index is 0.232. The molecule has 0 saturated carbocycles. The Balaban J connectivity index is 1.71. The average Bonchev–Trinajstić information content (AvgIpc) is 3.19. The van der Waals surface area contributed by atoms with E-state index in [1.54, 1.807) is 6.07 Å². The van der Waals surface area contributed by atoms with Crippen molar-refractivity contribution in [2.24, 2.45) is 0 Å². The molecule has 0 saturated heterocycles. The van der Waals surface area contributed by atoms with Gasteiger partial charge in [-0.2, -0.15) is 0 Å². The Morgan fingerprint density at radius 2 is 1.97 bits per heavy atom. The average molecular weight is 513 g/mol. The Hall–Kier alpha value is -2.34. The van der Waals surface area contributed by atoms with E-state index in [9.17, 15) is 13.2 Å². The molecule has 0 aliphatic carbocycles. The predicted molar refractivity (Wildman–Crippen MR) is 129 cm³/mol. The van der Waals surface area contributed by atoms with Gasteiger partial charge in [-0.05, 0) is 30.7 Å². The van der Waals surface area contributed by atoms with E-state index in [-0.39, 0.29) is 10.7 Å². The summed E-state index contributed by atoms with van der Waals surface area (Å²) >= 11 is 8.88. The Morgan fingerprint density at radius 1 is 1.25 bits per heavy atom. The summed E-state index contributed by atoms with van der Waals surface area (Å²) in [7, 11) is -2.33. The summed E-state index contributed by atoms with van der Waals surface area (Å²) in [5.74, 6) is 0.577. The first kappa shape index (κ1) is 24.3. The summed E-state index contributed by atoms with van der Waals surface area (Å²) in [6.07, 6.45) is 1.03. The minimum atomic E-state index is -3.79. The van der Waals surface area contributed by atoms with Crippen LogP contribution in [0.2, 0.25) is 5.02 Å². The SMILES string of the molecule is COc1ccc(N(C(C)C(=O)Nc2nnc(SCc3ccccc3)s2)S(C)(=O)=O)cc1Cl. The number of methoxy groups -OCH3 is 1. The van der Waals surface area contributed by atoms with Crippen molar-refractivity contribution in [3.05, 3.63) is 59.1 Å². The second kappa shape index (κ2) is 10.5. The number of nitrogens with one attached hydrogen (secondary N) is 1. The number of thioether (sulfide) groups is 1. The Bertz CT molecular complexity index is 1190. The molecule has 1 unspecified atom stereocenters. The van der Waals surface area contributed by atoms with Gasteiger partial charge in [-0.15, -0.1) is 10.2 Å². The number of halogens is 1. The molecule has 1 amide bonds. The van der Waals surface area contributed by atoms with Gasteiger partial charge in [-0.3, -0.25) is 14.4 Å². The number of nitrogens with zero attached hydrogens (tertiary/aromatic N) is 3. The van der Waals surface area contributed by atoms with Crippen LogP contribution in [-0.4, -0.2) is 43.9 Å². The van der Waals surface area contributed by atoms with Crippen LogP contribution in [0.4, 0.5) is 10.8 Å². The van der Waals surface area contributed by atoms with Crippen molar-refractivity contribution in [2.75, 3.05) is 23.0 Å². The zero-order chi connectivity index (χ0) is 23.3.